The Morgan fingerprint density at radius 1 is 1.05 bits per heavy atom. The summed E-state index contributed by atoms with van der Waals surface area (Å²) in [6, 6.07) is 13.5. The van der Waals surface area contributed by atoms with Gasteiger partial charge in [0.1, 0.15) is 5.82 Å². The van der Waals surface area contributed by atoms with E-state index in [-0.39, 0.29) is 23.2 Å². The zero-order chi connectivity index (χ0) is 15.4. The molecule has 5 heteroatoms. The summed E-state index contributed by atoms with van der Waals surface area (Å²) in [5, 5.41) is 10.9. The van der Waals surface area contributed by atoms with E-state index in [2.05, 4.69) is 0 Å². The lowest BCUT2D eigenvalue weighted by molar-refractivity contribution is -0.481. The first kappa shape index (κ1) is 15.0. The molecule has 0 N–H and O–H groups in total. The van der Waals surface area contributed by atoms with Crippen molar-refractivity contribution in [1.82, 2.24) is 0 Å². The van der Waals surface area contributed by atoms with Crippen LogP contribution in [0.4, 0.5) is 10.1 Å². The Bertz CT molecular complexity index is 609. The van der Waals surface area contributed by atoms with E-state index in [0.717, 1.165) is 16.8 Å². The Hall–Kier alpha value is -2.43. The van der Waals surface area contributed by atoms with Crippen LogP contribution in [0.25, 0.3) is 0 Å². The van der Waals surface area contributed by atoms with Gasteiger partial charge < -0.3 is 4.90 Å². The summed E-state index contributed by atoms with van der Waals surface area (Å²) in [6.07, 6.45) is 0. The smallest absolute Gasteiger partial charge is 0.214 e. The molecule has 0 bridgehead atoms. The molecule has 1 unspecified atom stereocenters. The third-order valence-electron chi connectivity index (χ3n) is 3.42. The van der Waals surface area contributed by atoms with Crippen molar-refractivity contribution < 1.29 is 9.31 Å². The molecule has 0 spiro atoms. The summed E-state index contributed by atoms with van der Waals surface area (Å²) < 4.78 is 13.0. The van der Waals surface area contributed by atoms with Gasteiger partial charge in [0, 0.05) is 24.7 Å². The van der Waals surface area contributed by atoms with Gasteiger partial charge in [0.2, 0.25) is 6.54 Å². The minimum atomic E-state index is -0.378. The molecule has 0 aromatic heterocycles. The highest BCUT2D eigenvalue weighted by molar-refractivity contribution is 5.47. The highest BCUT2D eigenvalue weighted by atomic mass is 19.1. The van der Waals surface area contributed by atoms with Gasteiger partial charge in [-0.2, -0.15) is 0 Å². The van der Waals surface area contributed by atoms with Crippen molar-refractivity contribution in [3.05, 3.63) is 75.6 Å². The lowest BCUT2D eigenvalue weighted by Crippen LogP contribution is -2.14. The first-order chi connectivity index (χ1) is 9.97. The van der Waals surface area contributed by atoms with Crippen LogP contribution in [0.2, 0.25) is 0 Å². The van der Waals surface area contributed by atoms with Gasteiger partial charge in [0.05, 0.1) is 5.92 Å². The summed E-state index contributed by atoms with van der Waals surface area (Å²) in [5.74, 6) is -0.724. The second kappa shape index (κ2) is 6.35. The third-order valence-corrected chi connectivity index (χ3v) is 3.42. The third kappa shape index (κ3) is 3.78. The van der Waals surface area contributed by atoms with Gasteiger partial charge in [-0.25, -0.2) is 4.39 Å². The van der Waals surface area contributed by atoms with Crippen LogP contribution in [0.15, 0.2) is 48.5 Å². The Labute approximate surface area is 123 Å². The fraction of sp³-hybridized carbons (Fsp3) is 0.250. The van der Waals surface area contributed by atoms with E-state index in [0.29, 0.717) is 0 Å². The molecule has 2 aromatic carbocycles. The number of benzene rings is 2. The van der Waals surface area contributed by atoms with Crippen molar-refractivity contribution in [1.29, 1.82) is 0 Å². The highest BCUT2D eigenvalue weighted by Gasteiger charge is 2.20. The monoisotopic (exact) mass is 288 g/mol. The lowest BCUT2D eigenvalue weighted by atomic mass is 9.91. The first-order valence-electron chi connectivity index (χ1n) is 6.62. The number of halogens is 1. The van der Waals surface area contributed by atoms with Gasteiger partial charge in [-0.1, -0.05) is 24.3 Å². The summed E-state index contributed by atoms with van der Waals surface area (Å²) in [5.41, 5.74) is 2.62. The zero-order valence-corrected chi connectivity index (χ0v) is 12.0. The van der Waals surface area contributed by atoms with E-state index in [1.807, 2.05) is 43.3 Å². The molecule has 0 amide bonds. The van der Waals surface area contributed by atoms with Crippen molar-refractivity contribution in [3.8, 4) is 0 Å². The quantitative estimate of drug-likeness (QED) is 0.626. The Morgan fingerprint density at radius 3 is 1.95 bits per heavy atom. The summed E-state index contributed by atoms with van der Waals surface area (Å²) in [6.45, 7) is -0.215. The van der Waals surface area contributed by atoms with Crippen molar-refractivity contribution in [2.45, 2.75) is 5.92 Å². The van der Waals surface area contributed by atoms with Crippen molar-refractivity contribution >= 4 is 5.69 Å². The fourth-order valence-corrected chi connectivity index (χ4v) is 2.25. The largest absolute Gasteiger partial charge is 0.378 e. The molecule has 2 rings (SSSR count). The minimum absolute atomic E-state index is 0.215. The van der Waals surface area contributed by atoms with Crippen molar-refractivity contribution in [2.24, 2.45) is 0 Å². The van der Waals surface area contributed by atoms with E-state index in [1.54, 1.807) is 12.1 Å². The number of hydrogen-bond donors (Lipinski definition) is 0. The summed E-state index contributed by atoms with van der Waals surface area (Å²) >= 11 is 0. The van der Waals surface area contributed by atoms with Gasteiger partial charge in [-0.15, -0.1) is 0 Å². The van der Waals surface area contributed by atoms with Gasteiger partial charge in [-0.3, -0.25) is 10.1 Å². The van der Waals surface area contributed by atoms with Gasteiger partial charge in [0.15, 0.2) is 0 Å². The Balaban J connectivity index is 2.35. The highest BCUT2D eigenvalue weighted by Crippen LogP contribution is 2.26. The summed E-state index contributed by atoms with van der Waals surface area (Å²) in [7, 11) is 3.87. The van der Waals surface area contributed by atoms with E-state index in [4.69, 9.17) is 0 Å². The van der Waals surface area contributed by atoms with Crippen LogP contribution in [-0.4, -0.2) is 25.6 Å². The van der Waals surface area contributed by atoms with Crippen LogP contribution < -0.4 is 4.90 Å². The molecule has 0 saturated carbocycles. The minimum Gasteiger partial charge on any atom is -0.378 e. The first-order valence-corrected chi connectivity index (χ1v) is 6.62. The fourth-order valence-electron chi connectivity index (χ4n) is 2.25. The van der Waals surface area contributed by atoms with E-state index < -0.39 is 0 Å². The molecular formula is C16H17FN2O2. The maximum atomic E-state index is 13.0. The van der Waals surface area contributed by atoms with Crippen LogP contribution >= 0.6 is 0 Å². The molecule has 21 heavy (non-hydrogen) atoms. The molecule has 4 nitrogen and oxygen atoms in total. The predicted octanol–water partition coefficient (Wildman–Crippen LogP) is 3.30. The molecule has 0 heterocycles. The second-order valence-corrected chi connectivity index (χ2v) is 5.11. The zero-order valence-electron chi connectivity index (χ0n) is 12.0. The second-order valence-electron chi connectivity index (χ2n) is 5.11. The average Bonchev–Trinajstić information content (AvgIpc) is 2.46. The SMILES string of the molecule is CN(C)c1ccc(C(C[N+](=O)[O-])c2ccc(F)cc2)cc1. The molecule has 1 atom stereocenters. The topological polar surface area (TPSA) is 46.4 Å². The molecular weight excluding hydrogens is 271 g/mol. The summed E-state index contributed by atoms with van der Waals surface area (Å²) in [4.78, 5) is 12.5. The van der Waals surface area contributed by atoms with Crippen LogP contribution in [-0.2, 0) is 0 Å². The normalized spacial score (nSPS) is 12.0. The average molecular weight is 288 g/mol. The van der Waals surface area contributed by atoms with Gasteiger partial charge in [-0.05, 0) is 35.4 Å². The van der Waals surface area contributed by atoms with E-state index in [1.165, 1.54) is 12.1 Å². The van der Waals surface area contributed by atoms with Crippen molar-refractivity contribution in [2.75, 3.05) is 25.5 Å². The maximum absolute atomic E-state index is 13.0. The Morgan fingerprint density at radius 2 is 1.52 bits per heavy atom. The standard InChI is InChI=1S/C16H17FN2O2/c1-18(2)15-9-5-13(6-10-15)16(11-19(20)21)12-3-7-14(17)8-4-12/h3-10,16H,11H2,1-2H3. The van der Waals surface area contributed by atoms with E-state index in [9.17, 15) is 14.5 Å². The number of anilines is 1. The number of rotatable bonds is 5. The molecule has 0 aliphatic heterocycles. The molecule has 0 saturated heterocycles. The lowest BCUT2D eigenvalue weighted by Gasteiger charge is -2.17. The molecule has 0 radical (unpaired) electrons. The molecule has 0 aliphatic carbocycles. The predicted molar refractivity (Wildman–Crippen MR) is 80.9 cm³/mol. The van der Waals surface area contributed by atoms with Gasteiger partial charge in [0.25, 0.3) is 0 Å². The molecule has 0 aliphatic rings. The van der Waals surface area contributed by atoms with E-state index >= 15 is 0 Å². The van der Waals surface area contributed by atoms with Crippen LogP contribution in [0.5, 0.6) is 0 Å². The van der Waals surface area contributed by atoms with Crippen LogP contribution in [0.1, 0.15) is 17.0 Å². The number of nitro groups is 1. The molecule has 0 fully saturated rings. The molecule has 2 aromatic rings. The molecule has 110 valence electrons. The number of hydrogen-bond acceptors (Lipinski definition) is 3. The number of nitrogens with zero attached hydrogens (tertiary/aromatic N) is 2. The van der Waals surface area contributed by atoms with Crippen LogP contribution in [0, 0.1) is 15.9 Å². The van der Waals surface area contributed by atoms with Gasteiger partial charge >= 0.3 is 0 Å². The Kier molecular flexibility index (Phi) is 4.52. The maximum Gasteiger partial charge on any atom is 0.214 e. The van der Waals surface area contributed by atoms with Crippen molar-refractivity contribution in [3.63, 3.8) is 0 Å². The van der Waals surface area contributed by atoms with Crippen LogP contribution in [0.3, 0.4) is 0 Å².